The van der Waals surface area contributed by atoms with Gasteiger partial charge in [-0.25, -0.2) is 9.67 Å². The molecule has 4 rings (SSSR count). The number of aromatic nitrogens is 7. The zero-order valence-corrected chi connectivity index (χ0v) is 15.4. The number of benzene rings is 1. The van der Waals surface area contributed by atoms with E-state index in [0.717, 1.165) is 21.3 Å². The molecule has 25 heavy (non-hydrogen) atoms. The van der Waals surface area contributed by atoms with Crippen molar-refractivity contribution in [2.75, 3.05) is 0 Å². The van der Waals surface area contributed by atoms with E-state index in [9.17, 15) is 4.79 Å². The Labute approximate surface area is 150 Å². The van der Waals surface area contributed by atoms with Gasteiger partial charge in [0.15, 0.2) is 11.5 Å². The summed E-state index contributed by atoms with van der Waals surface area (Å²) in [6.07, 6.45) is 3.38. The van der Waals surface area contributed by atoms with E-state index in [4.69, 9.17) is 0 Å². The molecular weight excluding hydrogens is 386 g/mol. The summed E-state index contributed by atoms with van der Waals surface area (Å²) >= 11 is 3.49. The van der Waals surface area contributed by atoms with Crippen LogP contribution in [-0.4, -0.2) is 34.7 Å². The number of H-pyrrole nitrogens is 1. The number of halogens is 1. The normalized spacial score (nSPS) is 11.4. The number of nitrogens with zero attached hydrogens (tertiary/aromatic N) is 6. The Morgan fingerprint density at radius 2 is 1.88 bits per heavy atom. The third-order valence-corrected chi connectivity index (χ3v) is 4.38. The van der Waals surface area contributed by atoms with Crippen LogP contribution in [0.2, 0.25) is 0 Å². The third-order valence-electron chi connectivity index (χ3n) is 3.92. The van der Waals surface area contributed by atoms with Gasteiger partial charge in [-0.3, -0.25) is 9.48 Å². The first kappa shape index (κ1) is 15.7. The summed E-state index contributed by atoms with van der Waals surface area (Å²) < 4.78 is 4.25. The molecule has 8 nitrogen and oxygen atoms in total. The van der Waals surface area contributed by atoms with E-state index in [2.05, 4.69) is 41.3 Å². The standard InChI is InChI=1S/C16H14BrN7O/c1-8-4-10(17)5-9(2)13(8)24-6-11-14(21-24)18-15(19-16(11)25)12-7-23(3)22-20-12/h4-7H,1-3H3,(H,18,19,21,25). The van der Waals surface area contributed by atoms with Gasteiger partial charge in [-0.15, -0.1) is 10.2 Å². The van der Waals surface area contributed by atoms with Gasteiger partial charge in [-0.05, 0) is 37.1 Å². The van der Waals surface area contributed by atoms with Crippen molar-refractivity contribution in [1.82, 2.24) is 34.7 Å². The van der Waals surface area contributed by atoms with Crippen LogP contribution in [0.15, 0.2) is 33.8 Å². The largest absolute Gasteiger partial charge is 0.304 e. The molecule has 0 radical (unpaired) electrons. The fourth-order valence-corrected chi connectivity index (χ4v) is 3.56. The van der Waals surface area contributed by atoms with Gasteiger partial charge in [0.2, 0.25) is 0 Å². The van der Waals surface area contributed by atoms with E-state index >= 15 is 0 Å². The second-order valence-corrected chi connectivity index (χ2v) is 6.81. The molecule has 9 heteroatoms. The number of aromatic amines is 1. The number of rotatable bonds is 2. The average Bonchev–Trinajstić information content (AvgIpc) is 3.12. The Balaban J connectivity index is 1.92. The second-order valence-electron chi connectivity index (χ2n) is 5.89. The Bertz CT molecular complexity index is 1150. The molecule has 126 valence electrons. The minimum Gasteiger partial charge on any atom is -0.304 e. The minimum atomic E-state index is -0.260. The smallest absolute Gasteiger partial charge is 0.262 e. The molecule has 0 amide bonds. The van der Waals surface area contributed by atoms with E-state index in [-0.39, 0.29) is 5.56 Å². The van der Waals surface area contributed by atoms with E-state index in [1.54, 1.807) is 28.8 Å². The number of nitrogens with one attached hydrogen (secondary N) is 1. The monoisotopic (exact) mass is 399 g/mol. The molecule has 3 heterocycles. The Morgan fingerprint density at radius 1 is 1.16 bits per heavy atom. The second kappa shape index (κ2) is 5.62. The summed E-state index contributed by atoms with van der Waals surface area (Å²) in [5, 5.41) is 12.8. The predicted octanol–water partition coefficient (Wildman–Crippen LogP) is 2.28. The van der Waals surface area contributed by atoms with E-state index in [0.29, 0.717) is 22.6 Å². The number of aryl methyl sites for hydroxylation is 3. The highest BCUT2D eigenvalue weighted by atomic mass is 79.9. The van der Waals surface area contributed by atoms with Crippen LogP contribution in [0.3, 0.4) is 0 Å². The first-order chi connectivity index (χ1) is 11.9. The molecule has 0 spiro atoms. The predicted molar refractivity (Wildman–Crippen MR) is 96.7 cm³/mol. The molecule has 0 atom stereocenters. The number of hydrogen-bond acceptors (Lipinski definition) is 5. The first-order valence-corrected chi connectivity index (χ1v) is 8.35. The van der Waals surface area contributed by atoms with Gasteiger partial charge >= 0.3 is 0 Å². The SMILES string of the molecule is Cc1cc(Br)cc(C)c1-n1cc2c(=O)[nH]c(-c3cn(C)nn3)nc2n1. The summed E-state index contributed by atoms with van der Waals surface area (Å²) in [6, 6.07) is 4.02. The molecule has 1 N–H and O–H groups in total. The molecule has 0 aliphatic carbocycles. The summed E-state index contributed by atoms with van der Waals surface area (Å²) in [7, 11) is 1.75. The fourth-order valence-electron chi connectivity index (χ4n) is 2.87. The van der Waals surface area contributed by atoms with E-state index in [1.807, 2.05) is 26.0 Å². The molecule has 1 aromatic carbocycles. The summed E-state index contributed by atoms with van der Waals surface area (Å²) in [6.45, 7) is 4.00. The van der Waals surface area contributed by atoms with Gasteiger partial charge in [0.25, 0.3) is 5.56 Å². The van der Waals surface area contributed by atoms with Crippen molar-refractivity contribution in [2.45, 2.75) is 13.8 Å². The molecule has 0 unspecified atom stereocenters. The summed E-state index contributed by atoms with van der Waals surface area (Å²) in [5.41, 5.74) is 3.62. The molecule has 0 aliphatic heterocycles. The van der Waals surface area contributed by atoms with Crippen LogP contribution in [-0.2, 0) is 7.05 Å². The fraction of sp³-hybridized carbons (Fsp3) is 0.188. The van der Waals surface area contributed by atoms with Crippen molar-refractivity contribution in [3.05, 3.63) is 50.5 Å². The Morgan fingerprint density at radius 3 is 2.52 bits per heavy atom. The molecular formula is C16H14BrN7O. The lowest BCUT2D eigenvalue weighted by Gasteiger charge is -2.10. The van der Waals surface area contributed by atoms with Gasteiger partial charge in [-0.1, -0.05) is 21.1 Å². The Hall–Kier alpha value is -2.81. The quantitative estimate of drug-likeness (QED) is 0.557. The van der Waals surface area contributed by atoms with Crippen LogP contribution in [0.5, 0.6) is 0 Å². The third kappa shape index (κ3) is 2.66. The summed E-state index contributed by atoms with van der Waals surface area (Å²) in [4.78, 5) is 19.6. The summed E-state index contributed by atoms with van der Waals surface area (Å²) in [5.74, 6) is 0.347. The lowest BCUT2D eigenvalue weighted by atomic mass is 10.1. The highest BCUT2D eigenvalue weighted by Crippen LogP contribution is 2.24. The molecule has 0 aliphatic rings. The van der Waals surface area contributed by atoms with Gasteiger partial charge in [0, 0.05) is 17.7 Å². The maximum Gasteiger partial charge on any atom is 0.262 e. The number of hydrogen-bond donors (Lipinski definition) is 1. The van der Waals surface area contributed by atoms with Crippen molar-refractivity contribution < 1.29 is 0 Å². The van der Waals surface area contributed by atoms with E-state index in [1.165, 1.54) is 0 Å². The minimum absolute atomic E-state index is 0.260. The van der Waals surface area contributed by atoms with Gasteiger partial charge < -0.3 is 4.98 Å². The maximum atomic E-state index is 12.4. The van der Waals surface area contributed by atoms with Crippen LogP contribution in [0, 0.1) is 13.8 Å². The maximum absolute atomic E-state index is 12.4. The van der Waals surface area contributed by atoms with Crippen LogP contribution in [0.4, 0.5) is 0 Å². The van der Waals surface area contributed by atoms with Crippen LogP contribution in [0.1, 0.15) is 11.1 Å². The molecule has 0 fully saturated rings. The lowest BCUT2D eigenvalue weighted by Crippen LogP contribution is -2.08. The number of fused-ring (bicyclic) bond motifs is 1. The van der Waals surface area contributed by atoms with Crippen LogP contribution < -0.4 is 5.56 Å². The lowest BCUT2D eigenvalue weighted by molar-refractivity contribution is 0.715. The van der Waals surface area contributed by atoms with Gasteiger partial charge in [-0.2, -0.15) is 0 Å². The highest BCUT2D eigenvalue weighted by Gasteiger charge is 2.15. The zero-order valence-electron chi connectivity index (χ0n) is 13.8. The van der Waals surface area contributed by atoms with Crippen molar-refractivity contribution >= 4 is 27.0 Å². The molecule has 3 aromatic heterocycles. The Kier molecular flexibility index (Phi) is 3.53. The molecule has 0 saturated heterocycles. The van der Waals surface area contributed by atoms with Crippen molar-refractivity contribution in [3.8, 4) is 17.2 Å². The van der Waals surface area contributed by atoms with Crippen molar-refractivity contribution in [3.63, 3.8) is 0 Å². The van der Waals surface area contributed by atoms with Crippen LogP contribution >= 0.6 is 15.9 Å². The molecule has 4 aromatic rings. The highest BCUT2D eigenvalue weighted by molar-refractivity contribution is 9.10. The van der Waals surface area contributed by atoms with E-state index < -0.39 is 0 Å². The van der Waals surface area contributed by atoms with Crippen molar-refractivity contribution in [1.29, 1.82) is 0 Å². The molecule has 0 bridgehead atoms. The van der Waals surface area contributed by atoms with Crippen molar-refractivity contribution in [2.24, 2.45) is 7.05 Å². The zero-order chi connectivity index (χ0) is 17.7. The first-order valence-electron chi connectivity index (χ1n) is 7.56. The van der Waals surface area contributed by atoms with Gasteiger partial charge in [0.05, 0.1) is 11.9 Å². The van der Waals surface area contributed by atoms with Gasteiger partial charge in [0.1, 0.15) is 11.1 Å². The van der Waals surface area contributed by atoms with Crippen LogP contribution in [0.25, 0.3) is 28.2 Å². The molecule has 0 saturated carbocycles. The topological polar surface area (TPSA) is 94.3 Å². The average molecular weight is 400 g/mol.